The molecular weight excluding hydrogens is 353 g/mol. The lowest BCUT2D eigenvalue weighted by Crippen LogP contribution is -2.33. The van der Waals surface area contributed by atoms with Crippen molar-refractivity contribution < 1.29 is 13.2 Å². The fourth-order valence-corrected chi connectivity index (χ4v) is 3.02. The number of halogens is 4. The highest BCUT2D eigenvalue weighted by Crippen LogP contribution is 2.36. The van der Waals surface area contributed by atoms with Crippen molar-refractivity contribution in [3.63, 3.8) is 0 Å². The third kappa shape index (κ3) is 4.34. The van der Waals surface area contributed by atoms with Gasteiger partial charge in [0.15, 0.2) is 0 Å². The van der Waals surface area contributed by atoms with Crippen LogP contribution >= 0.6 is 11.6 Å². The molecule has 0 saturated carbocycles. The molecular formula is C17H18ClF3N4. The van der Waals surface area contributed by atoms with Gasteiger partial charge < -0.3 is 10.2 Å². The summed E-state index contributed by atoms with van der Waals surface area (Å²) in [6, 6.07) is 5.44. The summed E-state index contributed by atoms with van der Waals surface area (Å²) in [5.74, 6) is 1.92. The Morgan fingerprint density at radius 3 is 2.56 bits per heavy atom. The van der Waals surface area contributed by atoms with Crippen molar-refractivity contribution in [2.45, 2.75) is 25.9 Å². The number of rotatable bonds is 3. The first-order valence-corrected chi connectivity index (χ1v) is 8.41. The minimum atomic E-state index is -4.50. The molecule has 0 atom stereocenters. The summed E-state index contributed by atoms with van der Waals surface area (Å²) in [6.45, 7) is 4.05. The van der Waals surface area contributed by atoms with E-state index in [1.54, 1.807) is 6.07 Å². The molecule has 4 nitrogen and oxygen atoms in total. The summed E-state index contributed by atoms with van der Waals surface area (Å²) in [5.41, 5.74) is -0.605. The Labute approximate surface area is 149 Å². The monoisotopic (exact) mass is 370 g/mol. The fourth-order valence-electron chi connectivity index (χ4n) is 2.79. The van der Waals surface area contributed by atoms with Crippen LogP contribution in [0, 0.1) is 5.92 Å². The lowest BCUT2D eigenvalue weighted by Gasteiger charge is -2.31. The van der Waals surface area contributed by atoms with E-state index in [1.807, 2.05) is 0 Å². The number of piperidine rings is 1. The van der Waals surface area contributed by atoms with Gasteiger partial charge >= 0.3 is 6.18 Å². The normalized spacial score (nSPS) is 16.1. The van der Waals surface area contributed by atoms with Crippen molar-refractivity contribution >= 4 is 28.9 Å². The van der Waals surface area contributed by atoms with Crippen molar-refractivity contribution in [3.8, 4) is 0 Å². The lowest BCUT2D eigenvalue weighted by atomic mass is 9.99. The molecule has 0 unspecified atom stereocenters. The Balaban J connectivity index is 1.79. The van der Waals surface area contributed by atoms with Crippen LogP contribution in [0.3, 0.4) is 0 Å². The average Bonchev–Trinajstić information content (AvgIpc) is 2.56. The topological polar surface area (TPSA) is 41.0 Å². The summed E-state index contributed by atoms with van der Waals surface area (Å²) < 4.78 is 38.9. The van der Waals surface area contributed by atoms with Gasteiger partial charge in [-0.15, -0.1) is 0 Å². The van der Waals surface area contributed by atoms with Crippen LogP contribution in [0.5, 0.6) is 0 Å². The van der Waals surface area contributed by atoms with E-state index in [0.29, 0.717) is 11.7 Å². The molecule has 0 aliphatic carbocycles. The maximum absolute atomic E-state index is 13.0. The highest BCUT2D eigenvalue weighted by atomic mass is 35.5. The second-order valence-corrected chi connectivity index (χ2v) is 6.66. The van der Waals surface area contributed by atoms with Crippen LogP contribution in [-0.4, -0.2) is 23.1 Å². The Bertz CT molecular complexity index is 743. The Morgan fingerprint density at radius 1 is 1.16 bits per heavy atom. The highest BCUT2D eigenvalue weighted by Gasteiger charge is 2.33. The van der Waals surface area contributed by atoms with E-state index in [0.717, 1.165) is 37.8 Å². The number of alkyl halides is 3. The molecule has 0 amide bonds. The summed E-state index contributed by atoms with van der Waals surface area (Å²) in [5, 5.41) is 2.57. The summed E-state index contributed by atoms with van der Waals surface area (Å²) in [7, 11) is 0. The predicted octanol–water partition coefficient (Wildman–Crippen LogP) is 5.13. The molecule has 25 heavy (non-hydrogen) atoms. The standard InChI is InChI=1S/C17H18ClF3N4/c1-11-4-6-25(7-5-11)16-9-15(22-10-23-16)24-12-2-3-14(18)13(8-12)17(19,20)21/h2-3,8-11H,4-7H2,1H3,(H,22,23,24). The zero-order valence-corrected chi connectivity index (χ0v) is 14.4. The van der Waals surface area contributed by atoms with E-state index < -0.39 is 11.7 Å². The Kier molecular flexibility index (Phi) is 5.03. The molecule has 0 radical (unpaired) electrons. The molecule has 1 fully saturated rings. The molecule has 2 aromatic rings. The van der Waals surface area contributed by atoms with Gasteiger partial charge in [0.25, 0.3) is 0 Å². The first-order valence-electron chi connectivity index (χ1n) is 8.03. The van der Waals surface area contributed by atoms with Crippen LogP contribution in [-0.2, 0) is 6.18 Å². The molecule has 1 saturated heterocycles. The predicted molar refractivity (Wildman–Crippen MR) is 92.4 cm³/mol. The quantitative estimate of drug-likeness (QED) is 0.813. The minimum absolute atomic E-state index is 0.272. The van der Waals surface area contributed by atoms with E-state index in [-0.39, 0.29) is 10.7 Å². The number of anilines is 3. The second-order valence-electron chi connectivity index (χ2n) is 6.25. The number of nitrogens with zero attached hydrogens (tertiary/aromatic N) is 3. The van der Waals surface area contributed by atoms with E-state index in [1.165, 1.54) is 18.5 Å². The van der Waals surface area contributed by atoms with E-state index in [4.69, 9.17) is 11.6 Å². The number of hydrogen-bond donors (Lipinski definition) is 1. The van der Waals surface area contributed by atoms with Gasteiger partial charge in [0, 0.05) is 24.8 Å². The molecule has 1 aliphatic heterocycles. The number of hydrogen-bond acceptors (Lipinski definition) is 4. The maximum Gasteiger partial charge on any atom is 0.417 e. The van der Waals surface area contributed by atoms with Gasteiger partial charge in [-0.25, -0.2) is 9.97 Å². The molecule has 134 valence electrons. The summed E-state index contributed by atoms with van der Waals surface area (Å²) in [4.78, 5) is 10.5. The summed E-state index contributed by atoms with van der Waals surface area (Å²) >= 11 is 5.64. The molecule has 1 aromatic carbocycles. The van der Waals surface area contributed by atoms with Crippen molar-refractivity contribution in [2.24, 2.45) is 5.92 Å². The molecule has 1 N–H and O–H groups in total. The van der Waals surface area contributed by atoms with Crippen LogP contribution in [0.2, 0.25) is 5.02 Å². The van der Waals surface area contributed by atoms with Crippen LogP contribution in [0.25, 0.3) is 0 Å². The van der Waals surface area contributed by atoms with Crippen molar-refractivity contribution in [1.29, 1.82) is 0 Å². The van der Waals surface area contributed by atoms with Crippen LogP contribution in [0.15, 0.2) is 30.6 Å². The van der Waals surface area contributed by atoms with Crippen molar-refractivity contribution in [1.82, 2.24) is 9.97 Å². The van der Waals surface area contributed by atoms with E-state index in [9.17, 15) is 13.2 Å². The zero-order valence-electron chi connectivity index (χ0n) is 13.6. The van der Waals surface area contributed by atoms with Crippen LogP contribution < -0.4 is 10.2 Å². The van der Waals surface area contributed by atoms with E-state index >= 15 is 0 Å². The van der Waals surface area contributed by atoms with E-state index in [2.05, 4.69) is 27.1 Å². The average molecular weight is 371 g/mol. The molecule has 0 spiro atoms. The fraction of sp³-hybridized carbons (Fsp3) is 0.412. The molecule has 1 aromatic heterocycles. The van der Waals surface area contributed by atoms with Gasteiger partial charge in [0.05, 0.1) is 10.6 Å². The third-order valence-corrected chi connectivity index (χ3v) is 4.63. The Hall–Kier alpha value is -2.02. The van der Waals surface area contributed by atoms with Crippen LogP contribution in [0.4, 0.5) is 30.5 Å². The minimum Gasteiger partial charge on any atom is -0.356 e. The molecule has 0 bridgehead atoms. The van der Waals surface area contributed by atoms with Gasteiger partial charge in [0.2, 0.25) is 0 Å². The maximum atomic E-state index is 13.0. The van der Waals surface area contributed by atoms with Crippen molar-refractivity contribution in [2.75, 3.05) is 23.3 Å². The number of benzene rings is 1. The number of nitrogens with one attached hydrogen (secondary N) is 1. The first kappa shape index (κ1) is 17.8. The van der Waals surface area contributed by atoms with Gasteiger partial charge in [-0.1, -0.05) is 18.5 Å². The van der Waals surface area contributed by atoms with Gasteiger partial charge in [0.1, 0.15) is 18.0 Å². The number of aromatic nitrogens is 2. The molecule has 1 aliphatic rings. The largest absolute Gasteiger partial charge is 0.417 e. The van der Waals surface area contributed by atoms with Crippen LogP contribution in [0.1, 0.15) is 25.3 Å². The van der Waals surface area contributed by atoms with Gasteiger partial charge in [-0.05, 0) is 37.0 Å². The first-order chi connectivity index (χ1) is 11.8. The molecule has 8 heteroatoms. The summed E-state index contributed by atoms with van der Waals surface area (Å²) in [6.07, 6.45) is -0.899. The lowest BCUT2D eigenvalue weighted by molar-refractivity contribution is -0.137. The highest BCUT2D eigenvalue weighted by molar-refractivity contribution is 6.31. The van der Waals surface area contributed by atoms with Gasteiger partial charge in [-0.3, -0.25) is 0 Å². The smallest absolute Gasteiger partial charge is 0.356 e. The molecule has 3 rings (SSSR count). The van der Waals surface area contributed by atoms with Crippen molar-refractivity contribution in [3.05, 3.63) is 41.2 Å². The Morgan fingerprint density at radius 2 is 1.88 bits per heavy atom. The second kappa shape index (κ2) is 7.07. The third-order valence-electron chi connectivity index (χ3n) is 4.30. The zero-order chi connectivity index (χ0) is 18.0. The van der Waals surface area contributed by atoms with Gasteiger partial charge in [-0.2, -0.15) is 13.2 Å². The molecule has 2 heterocycles. The SMILES string of the molecule is CC1CCN(c2cc(Nc3ccc(Cl)c(C(F)(F)F)c3)ncn2)CC1.